The van der Waals surface area contributed by atoms with Crippen LogP contribution in [0.5, 0.6) is 6.01 Å². The highest BCUT2D eigenvalue weighted by atomic mass is 16.5. The van der Waals surface area contributed by atoms with Crippen molar-refractivity contribution in [3.63, 3.8) is 0 Å². The fourth-order valence-corrected chi connectivity index (χ4v) is 4.72. The van der Waals surface area contributed by atoms with Crippen molar-refractivity contribution in [2.45, 2.75) is 13.5 Å². The maximum absolute atomic E-state index is 11.9. The topological polar surface area (TPSA) is 108 Å². The van der Waals surface area contributed by atoms with Gasteiger partial charge in [0.1, 0.15) is 0 Å². The Morgan fingerprint density at radius 2 is 1.62 bits per heavy atom. The van der Waals surface area contributed by atoms with E-state index in [0.29, 0.717) is 36.0 Å². The van der Waals surface area contributed by atoms with E-state index < -0.39 is 5.97 Å². The number of imidazole rings is 1. The van der Waals surface area contributed by atoms with Crippen LogP contribution < -0.4 is 4.74 Å². The van der Waals surface area contributed by atoms with Crippen molar-refractivity contribution in [3.05, 3.63) is 108 Å². The molecule has 2 heterocycles. The van der Waals surface area contributed by atoms with Gasteiger partial charge in [-0.2, -0.15) is 9.67 Å². The largest absolute Gasteiger partial charge is 0.478 e. The van der Waals surface area contributed by atoms with E-state index in [2.05, 4.69) is 20.5 Å². The van der Waals surface area contributed by atoms with Crippen molar-refractivity contribution in [2.75, 3.05) is 6.61 Å². The van der Waals surface area contributed by atoms with Gasteiger partial charge in [0.2, 0.25) is 0 Å². The predicted molar refractivity (Wildman–Crippen MR) is 147 cm³/mol. The molecule has 0 bridgehead atoms. The molecule has 0 saturated heterocycles. The highest BCUT2D eigenvalue weighted by Crippen LogP contribution is 2.32. The summed E-state index contributed by atoms with van der Waals surface area (Å²) in [5, 5.41) is 22.2. The van der Waals surface area contributed by atoms with Gasteiger partial charge in [-0.3, -0.25) is 4.57 Å². The number of benzene rings is 4. The lowest BCUT2D eigenvalue weighted by Crippen LogP contribution is -2.08. The number of para-hydroxylation sites is 2. The third-order valence-corrected chi connectivity index (χ3v) is 6.48. The number of tetrazole rings is 1. The first kappa shape index (κ1) is 24.1. The molecule has 4 aromatic carbocycles. The minimum absolute atomic E-state index is 0.188. The van der Waals surface area contributed by atoms with Crippen molar-refractivity contribution in [1.82, 2.24) is 29.8 Å². The number of carbonyl (C=O) groups is 1. The highest BCUT2D eigenvalue weighted by molar-refractivity contribution is 6.01. The Bertz CT molecular complexity index is 1770. The van der Waals surface area contributed by atoms with E-state index in [-0.39, 0.29) is 5.56 Å². The molecule has 0 spiro atoms. The molecule has 0 fully saturated rings. The molecule has 0 radical (unpaired) electrons. The van der Waals surface area contributed by atoms with E-state index in [1.54, 1.807) is 22.9 Å². The Hall–Kier alpha value is -5.31. The summed E-state index contributed by atoms with van der Waals surface area (Å²) in [5.41, 5.74) is 6.07. The monoisotopic (exact) mass is 516 g/mol. The van der Waals surface area contributed by atoms with Crippen molar-refractivity contribution in [3.8, 4) is 34.2 Å². The number of fused-ring (bicyclic) bond motifs is 1. The van der Waals surface area contributed by atoms with E-state index >= 15 is 0 Å². The van der Waals surface area contributed by atoms with E-state index in [4.69, 9.17) is 4.74 Å². The number of rotatable bonds is 8. The highest BCUT2D eigenvalue weighted by Gasteiger charge is 2.19. The van der Waals surface area contributed by atoms with Crippen LogP contribution in [0, 0.1) is 0 Å². The lowest BCUT2D eigenvalue weighted by Gasteiger charge is -2.13. The van der Waals surface area contributed by atoms with Gasteiger partial charge in [0, 0.05) is 5.56 Å². The van der Waals surface area contributed by atoms with Crippen LogP contribution in [-0.2, 0) is 6.54 Å². The van der Waals surface area contributed by atoms with Gasteiger partial charge in [0.15, 0.2) is 5.82 Å². The molecular weight excluding hydrogens is 492 g/mol. The van der Waals surface area contributed by atoms with E-state index in [1.807, 2.05) is 90.4 Å². The third kappa shape index (κ3) is 4.50. The maximum atomic E-state index is 11.9. The van der Waals surface area contributed by atoms with Crippen LogP contribution in [0.25, 0.3) is 39.2 Å². The van der Waals surface area contributed by atoms with E-state index in [1.165, 1.54) is 0 Å². The maximum Gasteiger partial charge on any atom is 0.337 e. The summed E-state index contributed by atoms with van der Waals surface area (Å²) in [7, 11) is 0. The first-order valence-electron chi connectivity index (χ1n) is 12.5. The van der Waals surface area contributed by atoms with Gasteiger partial charge >= 0.3 is 5.97 Å². The van der Waals surface area contributed by atoms with Crippen LogP contribution >= 0.6 is 0 Å². The number of aromatic carboxylic acids is 1. The van der Waals surface area contributed by atoms with Gasteiger partial charge in [-0.25, -0.2) is 4.79 Å². The number of carboxylic acid groups (broad SMARTS) is 1. The van der Waals surface area contributed by atoms with Gasteiger partial charge in [-0.15, -0.1) is 5.10 Å². The minimum atomic E-state index is -1.01. The fourth-order valence-electron chi connectivity index (χ4n) is 4.72. The van der Waals surface area contributed by atoms with Gasteiger partial charge in [0.05, 0.1) is 35.4 Å². The van der Waals surface area contributed by atoms with Gasteiger partial charge in [-0.05, 0) is 58.3 Å². The Kier molecular flexibility index (Phi) is 6.30. The molecule has 0 aliphatic carbocycles. The molecule has 1 N–H and O–H groups in total. The second kappa shape index (κ2) is 10.2. The van der Waals surface area contributed by atoms with Crippen molar-refractivity contribution in [1.29, 1.82) is 0 Å². The molecule has 0 atom stereocenters. The molecule has 2 aromatic heterocycles. The number of hydrogen-bond donors (Lipinski definition) is 1. The van der Waals surface area contributed by atoms with Crippen molar-refractivity contribution in [2.24, 2.45) is 0 Å². The van der Waals surface area contributed by atoms with Crippen LogP contribution in [0.3, 0.4) is 0 Å². The van der Waals surface area contributed by atoms with E-state index in [0.717, 1.165) is 27.9 Å². The van der Waals surface area contributed by atoms with Gasteiger partial charge in [0.25, 0.3) is 6.01 Å². The second-order valence-electron chi connectivity index (χ2n) is 8.88. The number of aromatic nitrogens is 6. The quantitative estimate of drug-likeness (QED) is 0.285. The molecule has 192 valence electrons. The van der Waals surface area contributed by atoms with Crippen LogP contribution in [0.1, 0.15) is 22.8 Å². The number of hydrogen-bond acceptors (Lipinski definition) is 6. The van der Waals surface area contributed by atoms with Crippen LogP contribution in [-0.4, -0.2) is 47.4 Å². The number of nitrogens with zero attached hydrogens (tertiary/aromatic N) is 6. The average Bonchev–Trinajstić information content (AvgIpc) is 3.59. The van der Waals surface area contributed by atoms with Crippen molar-refractivity contribution >= 4 is 17.0 Å². The van der Waals surface area contributed by atoms with Gasteiger partial charge in [-0.1, -0.05) is 72.8 Å². The summed E-state index contributed by atoms with van der Waals surface area (Å²) in [6, 6.07) is 31.4. The number of carboxylic acids is 1. The molecule has 0 aliphatic heterocycles. The Morgan fingerprint density at radius 3 is 2.36 bits per heavy atom. The molecule has 9 nitrogen and oxygen atoms in total. The average molecular weight is 517 g/mol. The molecule has 0 aliphatic rings. The smallest absolute Gasteiger partial charge is 0.337 e. The van der Waals surface area contributed by atoms with E-state index in [9.17, 15) is 9.90 Å². The lowest BCUT2D eigenvalue weighted by molar-refractivity contribution is 0.0698. The SMILES string of the molecule is CCOc1nc2cccc(C(=O)O)c2n1Cc1ccc(-c2ccccc2-c2nnnn2-c2ccccc2)cc1. The molecule has 0 amide bonds. The first-order chi connectivity index (χ1) is 19.1. The summed E-state index contributed by atoms with van der Waals surface area (Å²) in [6.07, 6.45) is 0. The molecule has 0 saturated carbocycles. The molecular formula is C30H24N6O3. The van der Waals surface area contributed by atoms with Crippen molar-refractivity contribution < 1.29 is 14.6 Å². The standard InChI is InChI=1S/C30H24N6O3/c1-2-39-30-31-26-14-8-13-25(29(37)38)27(26)35(30)19-20-15-17-21(18-16-20)23-11-6-7-12-24(23)28-32-33-34-36(28)22-9-4-3-5-10-22/h3-18H,2,19H2,1H3,(H,37,38). The Morgan fingerprint density at radius 1 is 0.872 bits per heavy atom. The molecule has 6 aromatic rings. The Balaban J connectivity index is 1.37. The second-order valence-corrected chi connectivity index (χ2v) is 8.88. The number of ether oxygens (including phenoxy) is 1. The minimum Gasteiger partial charge on any atom is -0.478 e. The normalized spacial score (nSPS) is 11.1. The molecule has 0 unspecified atom stereocenters. The molecule has 9 heteroatoms. The summed E-state index contributed by atoms with van der Waals surface area (Å²) in [4.78, 5) is 16.5. The summed E-state index contributed by atoms with van der Waals surface area (Å²) < 4.78 is 9.31. The van der Waals surface area contributed by atoms with Gasteiger partial charge < -0.3 is 9.84 Å². The zero-order valence-corrected chi connectivity index (χ0v) is 21.1. The summed E-state index contributed by atoms with van der Waals surface area (Å²) in [5.74, 6) is -0.358. The zero-order valence-electron chi connectivity index (χ0n) is 21.1. The molecule has 6 rings (SSSR count). The lowest BCUT2D eigenvalue weighted by atomic mass is 9.98. The fraction of sp³-hybridized carbons (Fsp3) is 0.100. The summed E-state index contributed by atoms with van der Waals surface area (Å²) in [6.45, 7) is 2.70. The first-order valence-corrected chi connectivity index (χ1v) is 12.5. The van der Waals surface area contributed by atoms with Crippen LogP contribution in [0.4, 0.5) is 0 Å². The Labute approximate surface area is 223 Å². The zero-order chi connectivity index (χ0) is 26.8. The predicted octanol–water partition coefficient (Wildman–Crippen LogP) is 5.49. The van der Waals surface area contributed by atoms with Crippen LogP contribution in [0.2, 0.25) is 0 Å². The third-order valence-electron chi connectivity index (χ3n) is 6.48. The molecule has 39 heavy (non-hydrogen) atoms. The summed E-state index contributed by atoms with van der Waals surface area (Å²) >= 11 is 0. The van der Waals surface area contributed by atoms with Crippen LogP contribution in [0.15, 0.2) is 97.1 Å².